The Bertz CT molecular complexity index is 452. The summed E-state index contributed by atoms with van der Waals surface area (Å²) in [6.07, 6.45) is 3.61. The molecule has 0 saturated carbocycles. The number of nitrogens with two attached hydrogens (primary N) is 1. The highest BCUT2D eigenvalue weighted by atomic mass is 35.5. The van der Waals surface area contributed by atoms with Crippen LogP contribution in [0.5, 0.6) is 5.75 Å². The largest absolute Gasteiger partial charge is 0.496 e. The van der Waals surface area contributed by atoms with Gasteiger partial charge in [0, 0.05) is 29.2 Å². The minimum absolute atomic E-state index is 0.126. The Morgan fingerprint density at radius 1 is 1.45 bits per heavy atom. The number of methoxy groups -OCH3 is 1. The Morgan fingerprint density at radius 3 is 2.80 bits per heavy atom. The smallest absolute Gasteiger partial charge is 0.125 e. The van der Waals surface area contributed by atoms with Crippen molar-refractivity contribution in [1.82, 2.24) is 4.90 Å². The number of benzene rings is 1. The summed E-state index contributed by atoms with van der Waals surface area (Å²) in [4.78, 5) is 2.53. The average Bonchev–Trinajstić information content (AvgIpc) is 2.82. The second-order valence-electron chi connectivity index (χ2n) is 5.54. The SMILES string of the molecule is CCC1CCC(C)N1C(CN)c1c(Cl)cccc1OC. The summed E-state index contributed by atoms with van der Waals surface area (Å²) in [5.74, 6) is 0.835. The molecule has 112 valence electrons. The summed E-state index contributed by atoms with van der Waals surface area (Å²) >= 11 is 6.44. The van der Waals surface area contributed by atoms with Crippen molar-refractivity contribution in [2.45, 2.75) is 51.2 Å². The van der Waals surface area contributed by atoms with Crippen LogP contribution in [-0.2, 0) is 0 Å². The minimum atomic E-state index is 0.126. The maximum absolute atomic E-state index is 6.44. The van der Waals surface area contributed by atoms with Crippen molar-refractivity contribution in [2.24, 2.45) is 5.73 Å². The van der Waals surface area contributed by atoms with Crippen LogP contribution in [0.3, 0.4) is 0 Å². The zero-order valence-electron chi connectivity index (χ0n) is 12.6. The fourth-order valence-corrected chi connectivity index (χ4v) is 3.77. The standard InChI is InChI=1S/C16H25ClN2O/c1-4-12-9-8-11(2)19(12)14(10-18)16-13(17)6-5-7-15(16)20-3/h5-7,11-12,14H,4,8-10,18H2,1-3H3. The average molecular weight is 297 g/mol. The van der Waals surface area contributed by atoms with Crippen molar-refractivity contribution in [3.05, 3.63) is 28.8 Å². The Balaban J connectivity index is 2.42. The van der Waals surface area contributed by atoms with Gasteiger partial charge in [0.2, 0.25) is 0 Å². The molecule has 1 saturated heterocycles. The lowest BCUT2D eigenvalue weighted by atomic mass is 10.0. The van der Waals surface area contributed by atoms with Gasteiger partial charge in [0.1, 0.15) is 5.75 Å². The van der Waals surface area contributed by atoms with E-state index in [1.807, 2.05) is 18.2 Å². The van der Waals surface area contributed by atoms with E-state index in [0.717, 1.165) is 22.8 Å². The van der Waals surface area contributed by atoms with Crippen LogP contribution >= 0.6 is 11.6 Å². The molecule has 2 rings (SSSR count). The van der Waals surface area contributed by atoms with Gasteiger partial charge in [0.15, 0.2) is 0 Å². The molecule has 1 heterocycles. The molecule has 0 bridgehead atoms. The first-order chi connectivity index (χ1) is 9.63. The highest BCUT2D eigenvalue weighted by Crippen LogP contribution is 2.40. The van der Waals surface area contributed by atoms with Crippen molar-refractivity contribution < 1.29 is 4.74 Å². The maximum Gasteiger partial charge on any atom is 0.125 e. The van der Waals surface area contributed by atoms with Gasteiger partial charge < -0.3 is 10.5 Å². The molecule has 1 fully saturated rings. The third-order valence-electron chi connectivity index (χ3n) is 4.47. The predicted octanol–water partition coefficient (Wildman–Crippen LogP) is 3.61. The summed E-state index contributed by atoms with van der Waals surface area (Å²) in [5.41, 5.74) is 7.13. The van der Waals surface area contributed by atoms with Gasteiger partial charge in [-0.1, -0.05) is 24.6 Å². The van der Waals surface area contributed by atoms with Crippen LogP contribution < -0.4 is 10.5 Å². The van der Waals surface area contributed by atoms with E-state index in [1.165, 1.54) is 12.8 Å². The van der Waals surface area contributed by atoms with Crippen molar-refractivity contribution in [1.29, 1.82) is 0 Å². The van der Waals surface area contributed by atoms with Gasteiger partial charge in [-0.2, -0.15) is 0 Å². The number of halogens is 1. The van der Waals surface area contributed by atoms with Crippen LogP contribution in [0.4, 0.5) is 0 Å². The van der Waals surface area contributed by atoms with Crippen LogP contribution in [0.2, 0.25) is 5.02 Å². The molecule has 3 unspecified atom stereocenters. The Morgan fingerprint density at radius 2 is 2.20 bits per heavy atom. The van der Waals surface area contributed by atoms with E-state index < -0.39 is 0 Å². The Labute approximate surface area is 127 Å². The second kappa shape index (κ2) is 6.79. The lowest BCUT2D eigenvalue weighted by Crippen LogP contribution is -2.41. The molecule has 3 nitrogen and oxygen atoms in total. The van der Waals surface area contributed by atoms with E-state index in [1.54, 1.807) is 7.11 Å². The van der Waals surface area contributed by atoms with Crippen LogP contribution in [0, 0.1) is 0 Å². The normalized spacial score (nSPS) is 24.9. The third kappa shape index (κ3) is 2.80. The Hall–Kier alpha value is -0.770. The second-order valence-corrected chi connectivity index (χ2v) is 5.95. The Kier molecular flexibility index (Phi) is 5.30. The molecule has 0 amide bonds. The first kappa shape index (κ1) is 15.6. The number of hydrogen-bond donors (Lipinski definition) is 1. The first-order valence-corrected chi connectivity index (χ1v) is 7.81. The van der Waals surface area contributed by atoms with Gasteiger partial charge in [0.25, 0.3) is 0 Å². The molecule has 1 aliphatic rings. The highest BCUT2D eigenvalue weighted by Gasteiger charge is 2.36. The molecule has 0 radical (unpaired) electrons. The molecule has 4 heteroatoms. The summed E-state index contributed by atoms with van der Waals surface area (Å²) in [7, 11) is 1.69. The topological polar surface area (TPSA) is 38.5 Å². The van der Waals surface area contributed by atoms with E-state index >= 15 is 0 Å². The molecular formula is C16H25ClN2O. The number of rotatable bonds is 5. The first-order valence-electron chi connectivity index (χ1n) is 7.43. The van der Waals surface area contributed by atoms with Gasteiger partial charge in [-0.05, 0) is 38.3 Å². The molecule has 20 heavy (non-hydrogen) atoms. The quantitative estimate of drug-likeness (QED) is 0.902. The van der Waals surface area contributed by atoms with E-state index in [2.05, 4.69) is 18.7 Å². The van der Waals surface area contributed by atoms with E-state index in [4.69, 9.17) is 22.1 Å². The zero-order chi connectivity index (χ0) is 14.7. The molecule has 1 aliphatic heterocycles. The van der Waals surface area contributed by atoms with E-state index in [9.17, 15) is 0 Å². The molecule has 0 spiro atoms. The minimum Gasteiger partial charge on any atom is -0.496 e. The highest BCUT2D eigenvalue weighted by molar-refractivity contribution is 6.31. The van der Waals surface area contributed by atoms with E-state index in [0.29, 0.717) is 18.6 Å². The predicted molar refractivity (Wildman–Crippen MR) is 84.4 cm³/mol. The molecule has 2 N–H and O–H groups in total. The van der Waals surface area contributed by atoms with Crippen molar-refractivity contribution in [2.75, 3.05) is 13.7 Å². The summed E-state index contributed by atoms with van der Waals surface area (Å²) < 4.78 is 5.51. The number of ether oxygens (including phenoxy) is 1. The van der Waals surface area contributed by atoms with Crippen LogP contribution in [-0.4, -0.2) is 30.6 Å². The summed E-state index contributed by atoms with van der Waals surface area (Å²) in [6, 6.07) is 7.05. The van der Waals surface area contributed by atoms with Gasteiger partial charge in [0.05, 0.1) is 13.2 Å². The lowest BCUT2D eigenvalue weighted by molar-refractivity contribution is 0.134. The van der Waals surface area contributed by atoms with Crippen LogP contribution in [0.25, 0.3) is 0 Å². The van der Waals surface area contributed by atoms with Gasteiger partial charge >= 0.3 is 0 Å². The summed E-state index contributed by atoms with van der Waals surface area (Å²) in [5, 5.41) is 0.744. The molecular weight excluding hydrogens is 272 g/mol. The molecule has 1 aromatic rings. The van der Waals surface area contributed by atoms with Crippen LogP contribution in [0.15, 0.2) is 18.2 Å². The molecule has 1 aromatic carbocycles. The number of nitrogens with zero attached hydrogens (tertiary/aromatic N) is 1. The van der Waals surface area contributed by atoms with Gasteiger partial charge in [-0.25, -0.2) is 0 Å². The van der Waals surface area contributed by atoms with Crippen molar-refractivity contribution >= 4 is 11.6 Å². The monoisotopic (exact) mass is 296 g/mol. The fourth-order valence-electron chi connectivity index (χ4n) is 3.48. The molecule has 0 aliphatic carbocycles. The van der Waals surface area contributed by atoms with Gasteiger partial charge in [-0.3, -0.25) is 4.90 Å². The van der Waals surface area contributed by atoms with Gasteiger partial charge in [-0.15, -0.1) is 0 Å². The number of hydrogen-bond acceptors (Lipinski definition) is 3. The summed E-state index contributed by atoms with van der Waals surface area (Å²) in [6.45, 7) is 5.08. The third-order valence-corrected chi connectivity index (χ3v) is 4.80. The van der Waals surface area contributed by atoms with E-state index in [-0.39, 0.29) is 6.04 Å². The maximum atomic E-state index is 6.44. The lowest BCUT2D eigenvalue weighted by Gasteiger charge is -2.36. The van der Waals surface area contributed by atoms with Crippen molar-refractivity contribution in [3.63, 3.8) is 0 Å². The van der Waals surface area contributed by atoms with Crippen molar-refractivity contribution in [3.8, 4) is 5.75 Å². The number of likely N-dealkylation sites (tertiary alicyclic amines) is 1. The zero-order valence-corrected chi connectivity index (χ0v) is 13.4. The van der Waals surface area contributed by atoms with Crippen LogP contribution in [0.1, 0.15) is 44.7 Å². The molecule has 3 atom stereocenters. The molecule has 0 aromatic heterocycles. The fraction of sp³-hybridized carbons (Fsp3) is 0.625.